The van der Waals surface area contributed by atoms with Crippen LogP contribution in [0.15, 0.2) is 6.07 Å². The Morgan fingerprint density at radius 1 is 1.27 bits per heavy atom. The minimum absolute atomic E-state index is 0.336. The third-order valence-corrected chi connectivity index (χ3v) is 2.01. The maximum Gasteiger partial charge on any atom is 0.436 e. The Morgan fingerprint density at radius 3 is 2.20 bits per heavy atom. The van der Waals surface area contributed by atoms with Crippen LogP contribution in [-0.2, 0) is 6.18 Å². The van der Waals surface area contributed by atoms with Gasteiger partial charge in [-0.2, -0.15) is 13.2 Å². The van der Waals surface area contributed by atoms with Gasteiger partial charge in [0.1, 0.15) is 3.70 Å². The Balaban J connectivity index is 3.42. The lowest BCUT2D eigenvalue weighted by Gasteiger charge is -2.10. The molecule has 1 heterocycles. The van der Waals surface area contributed by atoms with E-state index in [-0.39, 0.29) is 3.70 Å². The molecule has 0 spiro atoms. The van der Waals surface area contributed by atoms with Crippen LogP contribution >= 0.6 is 22.6 Å². The maximum absolute atomic E-state index is 12.9. The summed E-state index contributed by atoms with van der Waals surface area (Å²) in [6, 6.07) is 0.579. The number of hydrogen-bond acceptors (Lipinski definition) is 1. The first-order chi connectivity index (χ1) is 6.73. The molecule has 0 aromatic carbocycles. The van der Waals surface area contributed by atoms with Crippen LogP contribution in [0, 0.1) is 9.52 Å². The van der Waals surface area contributed by atoms with Gasteiger partial charge in [0.2, 0.25) is 0 Å². The predicted octanol–water partition coefficient (Wildman–Crippen LogP) is 3.78. The first kappa shape index (κ1) is 12.5. The van der Waals surface area contributed by atoms with Crippen molar-refractivity contribution in [2.24, 2.45) is 0 Å². The van der Waals surface area contributed by atoms with Crippen molar-refractivity contribution >= 4 is 22.6 Å². The van der Waals surface area contributed by atoms with Crippen molar-refractivity contribution < 1.29 is 26.3 Å². The van der Waals surface area contributed by atoms with E-state index < -0.39 is 29.7 Å². The van der Waals surface area contributed by atoms with Gasteiger partial charge in [-0.05, 0) is 28.7 Å². The highest BCUT2D eigenvalue weighted by molar-refractivity contribution is 14.1. The molecule has 1 aromatic heterocycles. The highest BCUT2D eigenvalue weighted by Gasteiger charge is 2.38. The summed E-state index contributed by atoms with van der Waals surface area (Å²) in [5, 5.41) is 0. The van der Waals surface area contributed by atoms with Crippen LogP contribution in [0.3, 0.4) is 0 Å². The molecule has 1 aromatic rings. The quantitative estimate of drug-likeness (QED) is 0.430. The zero-order valence-corrected chi connectivity index (χ0v) is 8.91. The third kappa shape index (κ3) is 2.73. The normalized spacial score (nSPS) is 12.3. The summed E-state index contributed by atoms with van der Waals surface area (Å²) >= 11 is 1.31. The largest absolute Gasteiger partial charge is 0.436 e. The predicted molar refractivity (Wildman–Crippen MR) is 46.9 cm³/mol. The molecule has 0 atom stereocenters. The van der Waals surface area contributed by atoms with E-state index in [2.05, 4.69) is 4.98 Å². The number of hydrogen-bond donors (Lipinski definition) is 0. The first-order valence-electron chi connectivity index (χ1n) is 3.44. The van der Waals surface area contributed by atoms with E-state index in [9.17, 15) is 26.3 Å². The Hall–Kier alpha value is -0.540. The zero-order valence-electron chi connectivity index (χ0n) is 6.75. The van der Waals surface area contributed by atoms with Crippen LogP contribution in [0.5, 0.6) is 0 Å². The Kier molecular flexibility index (Phi) is 3.46. The van der Waals surface area contributed by atoms with Gasteiger partial charge >= 0.3 is 6.18 Å². The van der Waals surface area contributed by atoms with Crippen molar-refractivity contribution in [1.82, 2.24) is 4.98 Å². The van der Waals surface area contributed by atoms with E-state index in [1.54, 1.807) is 0 Å². The number of alkyl halides is 5. The fraction of sp³-hybridized carbons (Fsp3) is 0.286. The van der Waals surface area contributed by atoms with Gasteiger partial charge in [-0.3, -0.25) is 0 Å². The Morgan fingerprint density at radius 2 is 1.80 bits per heavy atom. The van der Waals surface area contributed by atoms with Gasteiger partial charge in [0.25, 0.3) is 6.43 Å². The average Bonchev–Trinajstić information content (AvgIpc) is 2.06. The topological polar surface area (TPSA) is 12.9 Å². The average molecular weight is 341 g/mol. The molecule has 0 aliphatic heterocycles. The molecule has 0 fully saturated rings. The number of rotatable bonds is 1. The van der Waals surface area contributed by atoms with Crippen molar-refractivity contribution in [2.75, 3.05) is 0 Å². The van der Waals surface area contributed by atoms with E-state index in [0.717, 1.165) is 0 Å². The monoisotopic (exact) mass is 341 g/mol. The zero-order chi connectivity index (χ0) is 11.8. The molecule has 1 rings (SSSR count). The minimum atomic E-state index is -5.07. The Labute approximate surface area is 93.6 Å². The maximum atomic E-state index is 12.9. The fourth-order valence-corrected chi connectivity index (χ4v) is 1.44. The van der Waals surface area contributed by atoms with Crippen LogP contribution < -0.4 is 0 Å². The van der Waals surface area contributed by atoms with Crippen LogP contribution in [0.2, 0.25) is 0 Å². The molecule has 0 saturated carbocycles. The third-order valence-electron chi connectivity index (χ3n) is 1.46. The van der Waals surface area contributed by atoms with E-state index in [1.807, 2.05) is 0 Å². The standard InChI is InChI=1S/C7H2F6IN/c8-4-2(6(9)10)1-3(14)15-5(4)7(11,12)13/h1,6H. The van der Waals surface area contributed by atoms with Gasteiger partial charge < -0.3 is 0 Å². The molecular formula is C7H2F6IN. The molecular weight excluding hydrogens is 339 g/mol. The highest BCUT2D eigenvalue weighted by Crippen LogP contribution is 2.34. The van der Waals surface area contributed by atoms with E-state index >= 15 is 0 Å². The van der Waals surface area contributed by atoms with Crippen molar-refractivity contribution in [2.45, 2.75) is 12.6 Å². The lowest BCUT2D eigenvalue weighted by Crippen LogP contribution is -2.14. The SMILES string of the molecule is Fc1c(C(F)F)cc(I)nc1C(F)(F)F. The molecule has 15 heavy (non-hydrogen) atoms. The van der Waals surface area contributed by atoms with Gasteiger partial charge in [0, 0.05) is 0 Å². The second kappa shape index (κ2) is 4.14. The molecule has 0 amide bonds. The number of aromatic nitrogens is 1. The Bertz CT molecular complexity index is 374. The lowest BCUT2D eigenvalue weighted by atomic mass is 10.2. The molecule has 0 radical (unpaired) electrons. The summed E-state index contributed by atoms with van der Waals surface area (Å²) in [5.41, 5.74) is -3.20. The van der Waals surface area contributed by atoms with Crippen molar-refractivity contribution in [1.29, 1.82) is 0 Å². The van der Waals surface area contributed by atoms with Gasteiger partial charge in [0.05, 0.1) is 5.56 Å². The summed E-state index contributed by atoms with van der Waals surface area (Å²) in [6.07, 6.45) is -8.38. The second-order valence-electron chi connectivity index (χ2n) is 2.50. The number of pyridine rings is 1. The van der Waals surface area contributed by atoms with E-state index in [1.165, 1.54) is 22.6 Å². The number of nitrogens with zero attached hydrogens (tertiary/aromatic N) is 1. The summed E-state index contributed by atoms with van der Waals surface area (Å²) in [7, 11) is 0. The molecule has 8 heteroatoms. The first-order valence-corrected chi connectivity index (χ1v) is 4.52. The van der Waals surface area contributed by atoms with Crippen molar-refractivity contribution in [3.8, 4) is 0 Å². The highest BCUT2D eigenvalue weighted by atomic mass is 127. The van der Waals surface area contributed by atoms with Crippen molar-refractivity contribution in [3.05, 3.63) is 26.8 Å². The lowest BCUT2D eigenvalue weighted by molar-refractivity contribution is -0.144. The summed E-state index contributed by atoms with van der Waals surface area (Å²) in [5.74, 6) is -2.02. The van der Waals surface area contributed by atoms with Gasteiger partial charge in [0.15, 0.2) is 11.5 Å². The molecule has 0 aliphatic rings. The molecule has 1 nitrogen and oxygen atoms in total. The molecule has 84 valence electrons. The second-order valence-corrected chi connectivity index (χ2v) is 3.60. The molecule has 0 N–H and O–H groups in total. The van der Waals surface area contributed by atoms with Gasteiger partial charge in [-0.25, -0.2) is 18.2 Å². The fourth-order valence-electron chi connectivity index (χ4n) is 0.863. The minimum Gasteiger partial charge on any atom is -0.234 e. The molecule has 0 bridgehead atoms. The number of halogens is 7. The molecule has 0 unspecified atom stereocenters. The summed E-state index contributed by atoms with van der Waals surface area (Å²) in [6.45, 7) is 0. The molecule has 0 saturated heterocycles. The van der Waals surface area contributed by atoms with E-state index in [4.69, 9.17) is 0 Å². The van der Waals surface area contributed by atoms with Crippen molar-refractivity contribution in [3.63, 3.8) is 0 Å². The van der Waals surface area contributed by atoms with Crippen LogP contribution in [0.25, 0.3) is 0 Å². The van der Waals surface area contributed by atoms with Crippen LogP contribution in [-0.4, -0.2) is 4.98 Å². The van der Waals surface area contributed by atoms with Crippen LogP contribution in [0.1, 0.15) is 17.7 Å². The van der Waals surface area contributed by atoms with Crippen LogP contribution in [0.4, 0.5) is 26.3 Å². The molecule has 0 aliphatic carbocycles. The summed E-state index contributed by atoms with van der Waals surface area (Å²) < 4.78 is 73.2. The summed E-state index contributed by atoms with van der Waals surface area (Å²) in [4.78, 5) is 2.84. The van der Waals surface area contributed by atoms with E-state index in [0.29, 0.717) is 6.07 Å². The van der Waals surface area contributed by atoms with Gasteiger partial charge in [-0.1, -0.05) is 0 Å². The van der Waals surface area contributed by atoms with Gasteiger partial charge in [-0.15, -0.1) is 0 Å². The smallest absolute Gasteiger partial charge is 0.234 e.